The van der Waals surface area contributed by atoms with Gasteiger partial charge in [0.2, 0.25) is 0 Å². The van der Waals surface area contributed by atoms with Crippen LogP contribution in [0.3, 0.4) is 0 Å². The minimum Gasteiger partial charge on any atom is -0.322 e. The van der Waals surface area contributed by atoms with Gasteiger partial charge in [0.15, 0.2) is 0 Å². The Morgan fingerprint density at radius 3 is 2.20 bits per heavy atom. The van der Waals surface area contributed by atoms with Gasteiger partial charge in [-0.25, -0.2) is 9.69 Å². The van der Waals surface area contributed by atoms with Crippen molar-refractivity contribution >= 4 is 40.8 Å². The van der Waals surface area contributed by atoms with Crippen molar-refractivity contribution in [2.24, 2.45) is 5.92 Å². The van der Waals surface area contributed by atoms with Crippen LogP contribution in [0.15, 0.2) is 48.5 Å². The standard InChI is InChI=1S/C19H18Cl2N2O2/c1-12(2)19(11-13-6-4-3-5-7-13)17(24)23(18(25)22-19)16-9-14(20)8-15(21)10-16/h3-10,12H,11H2,1-2H3,(H,22,25). The highest BCUT2D eigenvalue weighted by Crippen LogP contribution is 2.35. The molecule has 3 amide bonds. The van der Waals surface area contributed by atoms with Crippen LogP contribution in [0.4, 0.5) is 10.5 Å². The molecule has 3 rings (SSSR count). The van der Waals surface area contributed by atoms with E-state index >= 15 is 0 Å². The Balaban J connectivity index is 2.02. The van der Waals surface area contributed by atoms with Gasteiger partial charge >= 0.3 is 6.03 Å². The van der Waals surface area contributed by atoms with E-state index in [4.69, 9.17) is 23.2 Å². The number of halogens is 2. The highest BCUT2D eigenvalue weighted by atomic mass is 35.5. The Bertz CT molecular complexity index is 803. The molecule has 0 bridgehead atoms. The Morgan fingerprint density at radius 1 is 1.04 bits per heavy atom. The van der Waals surface area contributed by atoms with Crippen molar-refractivity contribution in [1.29, 1.82) is 0 Å². The number of carbonyl (C=O) groups excluding carboxylic acids is 2. The predicted octanol–water partition coefficient (Wildman–Crippen LogP) is 4.69. The molecule has 1 unspecified atom stereocenters. The number of nitrogens with zero attached hydrogens (tertiary/aromatic N) is 1. The quantitative estimate of drug-likeness (QED) is 0.786. The zero-order chi connectivity index (χ0) is 18.2. The highest BCUT2D eigenvalue weighted by molar-refractivity contribution is 6.35. The zero-order valence-corrected chi connectivity index (χ0v) is 15.4. The van der Waals surface area contributed by atoms with Gasteiger partial charge in [0.1, 0.15) is 5.54 Å². The molecule has 6 heteroatoms. The van der Waals surface area contributed by atoms with Crippen LogP contribution in [-0.4, -0.2) is 17.5 Å². The van der Waals surface area contributed by atoms with E-state index in [2.05, 4.69) is 5.32 Å². The molecule has 1 heterocycles. The Hall–Kier alpha value is -2.04. The van der Waals surface area contributed by atoms with Gasteiger partial charge in [-0.1, -0.05) is 67.4 Å². The lowest BCUT2D eigenvalue weighted by Gasteiger charge is -2.31. The molecule has 0 radical (unpaired) electrons. The van der Waals surface area contributed by atoms with E-state index < -0.39 is 11.6 Å². The third-order valence-electron chi connectivity index (χ3n) is 4.53. The van der Waals surface area contributed by atoms with Gasteiger partial charge in [-0.05, 0) is 29.7 Å². The molecule has 1 aliphatic rings. The summed E-state index contributed by atoms with van der Waals surface area (Å²) in [5.41, 5.74) is 0.346. The van der Waals surface area contributed by atoms with Crippen LogP contribution in [-0.2, 0) is 11.2 Å². The smallest absolute Gasteiger partial charge is 0.322 e. The lowest BCUT2D eigenvalue weighted by atomic mass is 9.80. The number of hydrogen-bond donors (Lipinski definition) is 1. The maximum atomic E-state index is 13.3. The Labute approximate surface area is 156 Å². The van der Waals surface area contributed by atoms with Crippen molar-refractivity contribution in [2.45, 2.75) is 25.8 Å². The number of hydrogen-bond acceptors (Lipinski definition) is 2. The van der Waals surface area contributed by atoms with Crippen LogP contribution in [0, 0.1) is 5.92 Å². The number of amides is 3. The van der Waals surface area contributed by atoms with Crippen LogP contribution in [0.5, 0.6) is 0 Å². The van der Waals surface area contributed by atoms with Crippen molar-refractivity contribution in [3.63, 3.8) is 0 Å². The van der Waals surface area contributed by atoms with Gasteiger partial charge in [-0.3, -0.25) is 4.79 Å². The molecule has 1 atom stereocenters. The molecule has 2 aromatic rings. The molecule has 4 nitrogen and oxygen atoms in total. The average Bonchev–Trinajstić information content (AvgIpc) is 2.79. The summed E-state index contributed by atoms with van der Waals surface area (Å²) in [6.45, 7) is 3.85. The lowest BCUT2D eigenvalue weighted by Crippen LogP contribution is -2.53. The molecule has 1 N–H and O–H groups in total. The van der Waals surface area contributed by atoms with Gasteiger partial charge in [-0.2, -0.15) is 0 Å². The topological polar surface area (TPSA) is 49.4 Å². The van der Waals surface area contributed by atoms with E-state index in [1.807, 2.05) is 44.2 Å². The number of benzene rings is 2. The van der Waals surface area contributed by atoms with Gasteiger partial charge in [0.25, 0.3) is 5.91 Å². The van der Waals surface area contributed by atoms with Gasteiger partial charge in [0.05, 0.1) is 5.69 Å². The minimum absolute atomic E-state index is 0.0937. The predicted molar refractivity (Wildman–Crippen MR) is 100 cm³/mol. The number of rotatable bonds is 4. The molecule has 1 aliphatic heterocycles. The van der Waals surface area contributed by atoms with Crippen molar-refractivity contribution in [3.8, 4) is 0 Å². The minimum atomic E-state index is -1.01. The second-order valence-corrected chi connectivity index (χ2v) is 7.36. The molecular weight excluding hydrogens is 359 g/mol. The maximum absolute atomic E-state index is 13.3. The molecule has 25 heavy (non-hydrogen) atoms. The second-order valence-electron chi connectivity index (χ2n) is 6.49. The fourth-order valence-electron chi connectivity index (χ4n) is 3.13. The van der Waals surface area contributed by atoms with Crippen molar-refractivity contribution in [3.05, 3.63) is 64.1 Å². The number of urea groups is 1. The molecule has 2 aromatic carbocycles. The molecule has 1 fully saturated rings. The number of nitrogens with one attached hydrogen (secondary N) is 1. The Morgan fingerprint density at radius 2 is 1.64 bits per heavy atom. The maximum Gasteiger partial charge on any atom is 0.329 e. The van der Waals surface area contributed by atoms with Crippen LogP contribution in [0.1, 0.15) is 19.4 Å². The first-order valence-electron chi connectivity index (χ1n) is 8.00. The molecule has 0 spiro atoms. The van der Waals surface area contributed by atoms with Gasteiger partial charge in [-0.15, -0.1) is 0 Å². The van der Waals surface area contributed by atoms with Crippen LogP contribution >= 0.6 is 23.2 Å². The summed E-state index contributed by atoms with van der Waals surface area (Å²) in [5.74, 6) is -0.390. The van der Waals surface area contributed by atoms with Crippen molar-refractivity contribution in [2.75, 3.05) is 4.90 Å². The third-order valence-corrected chi connectivity index (χ3v) is 4.97. The van der Waals surface area contributed by atoms with E-state index in [1.165, 1.54) is 0 Å². The molecule has 0 aliphatic carbocycles. The third kappa shape index (κ3) is 3.24. The fraction of sp³-hybridized carbons (Fsp3) is 0.263. The zero-order valence-electron chi connectivity index (χ0n) is 13.9. The number of imide groups is 1. The van der Waals surface area contributed by atoms with Gasteiger partial charge < -0.3 is 5.32 Å². The summed E-state index contributed by atoms with van der Waals surface area (Å²) < 4.78 is 0. The normalized spacial score (nSPS) is 20.3. The van der Waals surface area contributed by atoms with E-state index in [0.717, 1.165) is 10.5 Å². The number of carbonyl (C=O) groups is 2. The molecule has 0 aromatic heterocycles. The first-order chi connectivity index (χ1) is 11.8. The van der Waals surface area contributed by atoms with Gasteiger partial charge in [0, 0.05) is 16.5 Å². The lowest BCUT2D eigenvalue weighted by molar-refractivity contribution is -0.123. The van der Waals surface area contributed by atoms with Crippen molar-refractivity contribution < 1.29 is 9.59 Å². The van der Waals surface area contributed by atoms with Crippen LogP contribution in [0.25, 0.3) is 0 Å². The van der Waals surface area contributed by atoms with Crippen molar-refractivity contribution in [1.82, 2.24) is 5.32 Å². The Kier molecular flexibility index (Phi) is 4.76. The highest BCUT2D eigenvalue weighted by Gasteiger charge is 2.53. The summed E-state index contributed by atoms with van der Waals surface area (Å²) in [5, 5.41) is 3.64. The first-order valence-corrected chi connectivity index (χ1v) is 8.76. The SMILES string of the molecule is CC(C)C1(Cc2ccccc2)NC(=O)N(c2cc(Cl)cc(Cl)c2)C1=O. The first kappa shape index (κ1) is 17.8. The van der Waals surface area contributed by atoms with E-state index in [-0.39, 0.29) is 11.8 Å². The van der Waals surface area contributed by atoms with Crippen LogP contribution < -0.4 is 10.2 Å². The average molecular weight is 377 g/mol. The van der Waals surface area contributed by atoms with E-state index in [0.29, 0.717) is 22.2 Å². The van der Waals surface area contributed by atoms with Crippen LogP contribution in [0.2, 0.25) is 10.0 Å². The number of anilines is 1. The van der Waals surface area contributed by atoms with E-state index in [1.54, 1.807) is 18.2 Å². The summed E-state index contributed by atoms with van der Waals surface area (Å²) in [4.78, 5) is 27.0. The molecule has 0 saturated carbocycles. The molecule has 130 valence electrons. The van der Waals surface area contributed by atoms with E-state index in [9.17, 15) is 9.59 Å². The largest absolute Gasteiger partial charge is 0.329 e. The summed E-state index contributed by atoms with van der Waals surface area (Å²) >= 11 is 12.1. The second kappa shape index (κ2) is 6.70. The molecule has 1 saturated heterocycles. The summed E-state index contributed by atoms with van der Waals surface area (Å²) in [6, 6.07) is 13.9. The summed E-state index contributed by atoms with van der Waals surface area (Å²) in [6.07, 6.45) is 0.418. The summed E-state index contributed by atoms with van der Waals surface area (Å²) in [7, 11) is 0. The fourth-order valence-corrected chi connectivity index (χ4v) is 3.64. The monoisotopic (exact) mass is 376 g/mol. The molecular formula is C19H18Cl2N2O2.